The van der Waals surface area contributed by atoms with Crippen molar-refractivity contribution < 1.29 is 13.7 Å². The summed E-state index contributed by atoms with van der Waals surface area (Å²) in [5.41, 5.74) is 0.262. The van der Waals surface area contributed by atoms with Crippen LogP contribution in [0.2, 0.25) is 0 Å². The van der Waals surface area contributed by atoms with Crippen LogP contribution in [0, 0.1) is 0 Å². The summed E-state index contributed by atoms with van der Waals surface area (Å²) in [7, 11) is 0. The second-order valence-electron chi connectivity index (χ2n) is 6.06. The van der Waals surface area contributed by atoms with Gasteiger partial charge in [0.2, 0.25) is 5.76 Å². The van der Waals surface area contributed by atoms with Gasteiger partial charge in [-0.1, -0.05) is 19.0 Å². The molecule has 4 rings (SSSR count). The Balaban J connectivity index is 1.53. The van der Waals surface area contributed by atoms with E-state index in [9.17, 15) is 4.79 Å². The van der Waals surface area contributed by atoms with Crippen molar-refractivity contribution in [2.45, 2.75) is 32.9 Å². The molecule has 0 radical (unpaired) electrons. The van der Waals surface area contributed by atoms with Crippen LogP contribution in [0.25, 0.3) is 11.5 Å². The first-order valence-electron chi connectivity index (χ1n) is 7.85. The van der Waals surface area contributed by atoms with E-state index in [0.29, 0.717) is 37.1 Å². The SMILES string of the molecule is CC(C)c1nnc2n1CCN(C(=O)c1cc(-c3ccco3)on1)C2. The Labute approximate surface area is 138 Å². The Bertz CT molecular complexity index is 862. The van der Waals surface area contributed by atoms with Crippen molar-refractivity contribution in [2.24, 2.45) is 0 Å². The van der Waals surface area contributed by atoms with E-state index in [0.717, 1.165) is 11.6 Å². The molecule has 3 aromatic rings. The van der Waals surface area contributed by atoms with E-state index in [1.165, 1.54) is 0 Å². The normalized spacial score (nSPS) is 14.2. The lowest BCUT2D eigenvalue weighted by Gasteiger charge is -2.27. The van der Waals surface area contributed by atoms with Crippen LogP contribution in [0.5, 0.6) is 0 Å². The molecule has 3 aromatic heterocycles. The molecule has 4 heterocycles. The first kappa shape index (κ1) is 14.7. The number of nitrogens with zero attached hydrogens (tertiary/aromatic N) is 5. The summed E-state index contributed by atoms with van der Waals surface area (Å²) < 4.78 is 12.5. The van der Waals surface area contributed by atoms with Gasteiger partial charge in [0, 0.05) is 25.1 Å². The molecule has 8 nitrogen and oxygen atoms in total. The van der Waals surface area contributed by atoms with Crippen molar-refractivity contribution in [1.29, 1.82) is 0 Å². The van der Waals surface area contributed by atoms with Gasteiger partial charge in [-0.2, -0.15) is 0 Å². The Morgan fingerprint density at radius 1 is 1.25 bits per heavy atom. The van der Waals surface area contributed by atoms with Crippen LogP contribution in [0.1, 0.15) is 41.9 Å². The molecular weight excluding hydrogens is 310 g/mol. The van der Waals surface area contributed by atoms with Crippen LogP contribution in [-0.4, -0.2) is 37.3 Å². The van der Waals surface area contributed by atoms with Gasteiger partial charge in [0.15, 0.2) is 17.3 Å². The molecule has 0 unspecified atom stereocenters. The third-order valence-corrected chi connectivity index (χ3v) is 4.08. The van der Waals surface area contributed by atoms with E-state index in [2.05, 4.69) is 33.8 Å². The van der Waals surface area contributed by atoms with E-state index in [4.69, 9.17) is 8.94 Å². The van der Waals surface area contributed by atoms with Crippen molar-refractivity contribution in [1.82, 2.24) is 24.8 Å². The van der Waals surface area contributed by atoms with Gasteiger partial charge < -0.3 is 18.4 Å². The molecule has 1 aliphatic heterocycles. The van der Waals surface area contributed by atoms with Gasteiger partial charge >= 0.3 is 0 Å². The number of hydrogen-bond acceptors (Lipinski definition) is 6. The Kier molecular flexibility index (Phi) is 3.44. The first-order chi connectivity index (χ1) is 11.6. The molecule has 0 spiro atoms. The van der Waals surface area contributed by atoms with Crippen LogP contribution >= 0.6 is 0 Å². The number of amides is 1. The van der Waals surface area contributed by atoms with Crippen LogP contribution in [0.4, 0.5) is 0 Å². The lowest BCUT2D eigenvalue weighted by Crippen LogP contribution is -2.39. The molecule has 0 aromatic carbocycles. The number of carbonyl (C=O) groups excluding carboxylic acids is 1. The molecule has 0 fully saturated rings. The van der Waals surface area contributed by atoms with Crippen LogP contribution in [0.15, 0.2) is 33.4 Å². The van der Waals surface area contributed by atoms with Crippen LogP contribution in [-0.2, 0) is 13.1 Å². The molecule has 124 valence electrons. The highest BCUT2D eigenvalue weighted by atomic mass is 16.5. The number of carbonyl (C=O) groups is 1. The molecule has 0 N–H and O–H groups in total. The minimum Gasteiger partial charge on any atom is -0.461 e. The largest absolute Gasteiger partial charge is 0.461 e. The average Bonchev–Trinajstić information content (AvgIpc) is 3.31. The van der Waals surface area contributed by atoms with Crippen molar-refractivity contribution in [3.05, 3.63) is 41.8 Å². The van der Waals surface area contributed by atoms with Gasteiger partial charge in [0.25, 0.3) is 5.91 Å². The number of hydrogen-bond donors (Lipinski definition) is 0. The molecule has 0 atom stereocenters. The minimum atomic E-state index is -0.183. The fourth-order valence-corrected chi connectivity index (χ4v) is 2.85. The third kappa shape index (κ3) is 2.40. The van der Waals surface area contributed by atoms with Crippen molar-refractivity contribution in [3.8, 4) is 11.5 Å². The number of rotatable bonds is 3. The third-order valence-electron chi connectivity index (χ3n) is 4.08. The summed E-state index contributed by atoms with van der Waals surface area (Å²) in [4.78, 5) is 14.4. The maximum Gasteiger partial charge on any atom is 0.276 e. The summed E-state index contributed by atoms with van der Waals surface area (Å²) >= 11 is 0. The smallest absolute Gasteiger partial charge is 0.276 e. The highest BCUT2D eigenvalue weighted by Crippen LogP contribution is 2.23. The molecule has 0 aliphatic carbocycles. The molecule has 24 heavy (non-hydrogen) atoms. The van der Waals surface area contributed by atoms with Gasteiger partial charge in [0.1, 0.15) is 5.82 Å². The standard InChI is InChI=1S/C16H17N5O3/c1-10(2)15-18-17-14-9-20(5-6-21(14)15)16(22)11-8-13(24-19-11)12-4-3-7-23-12/h3-4,7-8,10H,5-6,9H2,1-2H3. The molecular formula is C16H17N5O3. The summed E-state index contributed by atoms with van der Waals surface area (Å²) in [5, 5.41) is 12.3. The van der Waals surface area contributed by atoms with Gasteiger partial charge in [-0.05, 0) is 12.1 Å². The number of aromatic nitrogens is 4. The Morgan fingerprint density at radius 2 is 2.12 bits per heavy atom. The van der Waals surface area contributed by atoms with Crippen molar-refractivity contribution >= 4 is 5.91 Å². The predicted molar refractivity (Wildman–Crippen MR) is 83.1 cm³/mol. The maximum absolute atomic E-state index is 12.6. The van der Waals surface area contributed by atoms with Crippen LogP contribution < -0.4 is 0 Å². The monoisotopic (exact) mass is 327 g/mol. The highest BCUT2D eigenvalue weighted by molar-refractivity contribution is 5.93. The van der Waals surface area contributed by atoms with E-state index >= 15 is 0 Å². The van der Waals surface area contributed by atoms with Crippen molar-refractivity contribution in [3.63, 3.8) is 0 Å². The molecule has 8 heteroatoms. The van der Waals surface area contributed by atoms with E-state index < -0.39 is 0 Å². The summed E-state index contributed by atoms with van der Waals surface area (Å²) in [6.45, 7) is 5.86. The van der Waals surface area contributed by atoms with E-state index in [1.54, 1.807) is 29.4 Å². The highest BCUT2D eigenvalue weighted by Gasteiger charge is 2.28. The summed E-state index contributed by atoms with van der Waals surface area (Å²) in [6.07, 6.45) is 1.54. The zero-order valence-corrected chi connectivity index (χ0v) is 13.5. The second-order valence-corrected chi connectivity index (χ2v) is 6.06. The number of furan rings is 1. The Morgan fingerprint density at radius 3 is 2.88 bits per heavy atom. The van der Waals surface area contributed by atoms with E-state index in [-0.39, 0.29) is 11.6 Å². The zero-order chi connectivity index (χ0) is 16.7. The number of fused-ring (bicyclic) bond motifs is 1. The summed E-state index contributed by atoms with van der Waals surface area (Å²) in [5.74, 6) is 2.86. The lowest BCUT2D eigenvalue weighted by atomic mass is 10.2. The molecule has 1 amide bonds. The lowest BCUT2D eigenvalue weighted by molar-refractivity contribution is 0.0695. The van der Waals surface area contributed by atoms with Gasteiger partial charge in [-0.15, -0.1) is 10.2 Å². The fraction of sp³-hybridized carbons (Fsp3) is 0.375. The van der Waals surface area contributed by atoms with Crippen LogP contribution in [0.3, 0.4) is 0 Å². The topological polar surface area (TPSA) is 90.2 Å². The predicted octanol–water partition coefficient (Wildman–Crippen LogP) is 2.31. The van der Waals surface area contributed by atoms with Gasteiger partial charge in [0.05, 0.1) is 12.8 Å². The van der Waals surface area contributed by atoms with E-state index in [1.807, 2.05) is 0 Å². The fourth-order valence-electron chi connectivity index (χ4n) is 2.85. The maximum atomic E-state index is 12.6. The minimum absolute atomic E-state index is 0.183. The van der Waals surface area contributed by atoms with Gasteiger partial charge in [-0.3, -0.25) is 4.79 Å². The quantitative estimate of drug-likeness (QED) is 0.733. The van der Waals surface area contributed by atoms with Crippen molar-refractivity contribution in [2.75, 3.05) is 6.54 Å². The van der Waals surface area contributed by atoms with Gasteiger partial charge in [-0.25, -0.2) is 0 Å². The second kappa shape index (κ2) is 5.63. The zero-order valence-electron chi connectivity index (χ0n) is 13.5. The molecule has 0 saturated carbocycles. The summed E-state index contributed by atoms with van der Waals surface area (Å²) in [6, 6.07) is 5.11. The first-order valence-corrected chi connectivity index (χ1v) is 7.85. The average molecular weight is 327 g/mol. The molecule has 0 bridgehead atoms. The Hall–Kier alpha value is -2.90. The molecule has 0 saturated heterocycles. The molecule has 1 aliphatic rings.